The lowest BCUT2D eigenvalue weighted by atomic mass is 9.74. The van der Waals surface area contributed by atoms with Gasteiger partial charge in [0.1, 0.15) is 0 Å². The van der Waals surface area contributed by atoms with E-state index in [9.17, 15) is 39.5 Å². The van der Waals surface area contributed by atoms with Crippen LogP contribution in [0.1, 0.15) is 57.8 Å². The zero-order valence-corrected chi connectivity index (χ0v) is 23.4. The first kappa shape index (κ1) is 33.7. The van der Waals surface area contributed by atoms with Crippen molar-refractivity contribution in [2.45, 2.75) is 86.9 Å². The molecule has 4 rings (SSSR count). The molecule has 0 aromatic heterocycles. The zero-order chi connectivity index (χ0) is 30.3. The number of rotatable bonds is 15. The SMILES string of the molecule is O=C(CNC12CCCC(NCCO)(CC1)C(O)C1=CC=C(CC1)C2)NCC(O)C[C@@](OO)(OP(=O)(O)OO)C(=O)O. The highest BCUT2D eigenvalue weighted by molar-refractivity contribution is 7.47. The summed E-state index contributed by atoms with van der Waals surface area (Å²) in [5.74, 6) is -5.94. The summed E-state index contributed by atoms with van der Waals surface area (Å²) in [6, 6.07) is 0. The van der Waals surface area contributed by atoms with Crippen LogP contribution in [0.3, 0.4) is 0 Å². The first-order valence-electron chi connectivity index (χ1n) is 13.4. The highest BCUT2D eigenvalue weighted by Crippen LogP contribution is 2.48. The highest BCUT2D eigenvalue weighted by Gasteiger charge is 2.51. The van der Waals surface area contributed by atoms with Crippen LogP contribution >= 0.6 is 7.82 Å². The molecule has 0 spiro atoms. The molecule has 4 aliphatic rings. The van der Waals surface area contributed by atoms with Crippen LogP contribution in [0.25, 0.3) is 0 Å². The molecule has 0 aliphatic heterocycles. The molecule has 0 heterocycles. The van der Waals surface area contributed by atoms with Gasteiger partial charge in [-0.15, -0.1) is 4.67 Å². The molecule has 234 valence electrons. The number of allylic oxidation sites excluding steroid dienone is 2. The van der Waals surface area contributed by atoms with Crippen LogP contribution in [0.4, 0.5) is 0 Å². The molecule has 41 heavy (non-hydrogen) atoms. The number of nitrogens with one attached hydrogen (secondary N) is 3. The van der Waals surface area contributed by atoms with Gasteiger partial charge in [0.05, 0.1) is 25.4 Å². The Kier molecular flexibility index (Phi) is 11.6. The van der Waals surface area contributed by atoms with Crippen LogP contribution in [0, 0.1) is 0 Å². The molecule has 0 saturated heterocycles. The molecule has 10 N–H and O–H groups in total. The van der Waals surface area contributed by atoms with Crippen LogP contribution in [0.5, 0.6) is 0 Å². The van der Waals surface area contributed by atoms with E-state index in [1.807, 2.05) is 12.2 Å². The number of carboxylic acids is 1. The van der Waals surface area contributed by atoms with Crippen molar-refractivity contribution in [3.63, 3.8) is 0 Å². The zero-order valence-electron chi connectivity index (χ0n) is 22.5. The third-order valence-electron chi connectivity index (χ3n) is 8.13. The number of aliphatic carboxylic acids is 1. The number of carbonyl (C=O) groups excluding carboxylic acids is 1. The molecular weight excluding hydrogens is 569 g/mol. The van der Waals surface area contributed by atoms with E-state index in [1.165, 1.54) is 5.57 Å². The van der Waals surface area contributed by atoms with Crippen molar-refractivity contribution < 1.29 is 64.1 Å². The molecule has 0 aromatic carbocycles. The van der Waals surface area contributed by atoms with Gasteiger partial charge in [-0.1, -0.05) is 17.7 Å². The number of hydrogen-bond donors (Lipinski definition) is 10. The van der Waals surface area contributed by atoms with Gasteiger partial charge in [0.2, 0.25) is 5.91 Å². The fourth-order valence-electron chi connectivity index (χ4n) is 5.99. The van der Waals surface area contributed by atoms with Crippen LogP contribution in [0.2, 0.25) is 0 Å². The number of carboxylic acid groups (broad SMARTS) is 1. The van der Waals surface area contributed by atoms with E-state index in [-0.39, 0.29) is 13.2 Å². The summed E-state index contributed by atoms with van der Waals surface area (Å²) in [5, 5.41) is 67.0. The number of fused-ring (bicyclic) bond motifs is 2. The Morgan fingerprint density at radius 2 is 1.90 bits per heavy atom. The minimum absolute atomic E-state index is 0.0638. The van der Waals surface area contributed by atoms with Gasteiger partial charge in [-0.25, -0.2) is 24.4 Å². The Labute approximate surface area is 236 Å². The number of amides is 1. The molecule has 4 aliphatic carbocycles. The third kappa shape index (κ3) is 8.40. The average Bonchev–Trinajstić information content (AvgIpc) is 3.15. The van der Waals surface area contributed by atoms with Gasteiger partial charge in [-0.3, -0.25) is 4.79 Å². The molecule has 17 heteroatoms. The summed E-state index contributed by atoms with van der Waals surface area (Å²) in [4.78, 5) is 37.2. The van der Waals surface area contributed by atoms with Crippen LogP contribution in [-0.4, -0.2) is 103 Å². The van der Waals surface area contributed by atoms with E-state index in [0.29, 0.717) is 32.2 Å². The Bertz CT molecular complexity index is 1060. The maximum absolute atomic E-state index is 12.7. The topological polar surface area (TPSA) is 257 Å². The summed E-state index contributed by atoms with van der Waals surface area (Å²) in [6.07, 6.45) is 6.03. The molecule has 16 nitrogen and oxygen atoms in total. The van der Waals surface area contributed by atoms with E-state index in [2.05, 4.69) is 30.0 Å². The fourth-order valence-corrected chi connectivity index (χ4v) is 6.58. The van der Waals surface area contributed by atoms with Crippen molar-refractivity contribution in [2.75, 3.05) is 26.2 Å². The van der Waals surface area contributed by atoms with Crippen molar-refractivity contribution >= 4 is 19.7 Å². The number of phosphoric ester groups is 1. The molecule has 4 bridgehead atoms. The van der Waals surface area contributed by atoms with Gasteiger partial charge in [-0.2, -0.15) is 4.89 Å². The number of aliphatic hydroxyl groups excluding tert-OH is 3. The van der Waals surface area contributed by atoms with E-state index < -0.39 is 61.7 Å². The summed E-state index contributed by atoms with van der Waals surface area (Å²) < 4.78 is 18.8. The van der Waals surface area contributed by atoms with Gasteiger partial charge >= 0.3 is 19.6 Å². The standard InChI is InChI=1S/C24H40N3O13P/c28-11-10-26-23-7-1-6-22(8-9-23,12-16-2-4-17(5-3-16)20(23)31)27-15-19(30)25-14-18(29)13-24(38-34,21(32)33)39-41(36,37)40-35/h2,4,18,20,26-29,31,34-35H,1,3,5-15H2,(H,25,30)(H,32,33)(H,36,37)/t18?,20?,22?,23?,24-/m1/s1. The van der Waals surface area contributed by atoms with Gasteiger partial charge in [0, 0.05) is 30.6 Å². The van der Waals surface area contributed by atoms with Crippen molar-refractivity contribution in [1.29, 1.82) is 0 Å². The Hall–Kier alpha value is -1.79. The maximum Gasteiger partial charge on any atom is 0.502 e. The van der Waals surface area contributed by atoms with E-state index in [4.69, 9.17) is 10.5 Å². The summed E-state index contributed by atoms with van der Waals surface area (Å²) in [6.45, 7) is -0.410. The Morgan fingerprint density at radius 1 is 1.15 bits per heavy atom. The number of phosphoric acid groups is 1. The van der Waals surface area contributed by atoms with Gasteiger partial charge in [0.25, 0.3) is 0 Å². The van der Waals surface area contributed by atoms with Crippen LogP contribution in [-0.2, 0) is 28.2 Å². The van der Waals surface area contributed by atoms with Gasteiger partial charge in [0.15, 0.2) is 0 Å². The minimum atomic E-state index is -5.39. The largest absolute Gasteiger partial charge is 0.502 e. The molecular formula is C24H40N3O13P. The van der Waals surface area contributed by atoms with Crippen molar-refractivity contribution in [3.8, 4) is 0 Å². The Morgan fingerprint density at radius 3 is 2.51 bits per heavy atom. The van der Waals surface area contributed by atoms with Crippen molar-refractivity contribution in [2.24, 2.45) is 0 Å². The smallest absolute Gasteiger partial charge is 0.477 e. The van der Waals surface area contributed by atoms with Gasteiger partial charge in [-0.05, 0) is 56.9 Å². The lowest BCUT2D eigenvalue weighted by Gasteiger charge is -2.43. The second-order valence-corrected chi connectivity index (χ2v) is 12.2. The van der Waals surface area contributed by atoms with E-state index >= 15 is 0 Å². The predicted octanol–water partition coefficient (Wildman–Crippen LogP) is -0.245. The normalized spacial score (nSPS) is 29.9. The summed E-state index contributed by atoms with van der Waals surface area (Å²) >= 11 is 0. The first-order valence-corrected chi connectivity index (χ1v) is 14.9. The van der Waals surface area contributed by atoms with Gasteiger partial charge < -0.3 is 41.3 Å². The second-order valence-electron chi connectivity index (χ2n) is 10.9. The molecule has 0 aromatic rings. The summed E-state index contributed by atoms with van der Waals surface area (Å²) in [7, 11) is -5.39. The molecule has 2 saturated carbocycles. The number of hydrogen-bond acceptors (Lipinski definition) is 13. The molecule has 5 unspecified atom stereocenters. The third-order valence-corrected chi connectivity index (χ3v) is 8.86. The lowest BCUT2D eigenvalue weighted by molar-refractivity contribution is -0.380. The number of carbonyl (C=O) groups is 2. The van der Waals surface area contributed by atoms with Crippen LogP contribution in [0.15, 0.2) is 23.3 Å². The van der Waals surface area contributed by atoms with Crippen molar-refractivity contribution in [1.82, 2.24) is 16.0 Å². The highest BCUT2D eigenvalue weighted by atomic mass is 31.2. The fraction of sp³-hybridized carbons (Fsp3) is 0.750. The van der Waals surface area contributed by atoms with Crippen LogP contribution < -0.4 is 16.0 Å². The Balaban J connectivity index is 1.65. The quantitative estimate of drug-likeness (QED) is 0.0497. The lowest BCUT2D eigenvalue weighted by Crippen LogP contribution is -2.57. The first-order chi connectivity index (χ1) is 19.3. The van der Waals surface area contributed by atoms with E-state index in [0.717, 1.165) is 31.3 Å². The molecule has 1 amide bonds. The molecule has 2 fully saturated rings. The molecule has 6 atom stereocenters. The van der Waals surface area contributed by atoms with E-state index in [1.54, 1.807) is 0 Å². The maximum atomic E-state index is 12.7. The molecule has 0 radical (unpaired) electrons. The summed E-state index contributed by atoms with van der Waals surface area (Å²) in [5.41, 5.74) is 1.09. The predicted molar refractivity (Wildman–Crippen MR) is 140 cm³/mol. The average molecular weight is 610 g/mol. The monoisotopic (exact) mass is 609 g/mol. The second kappa shape index (κ2) is 14.1. The van der Waals surface area contributed by atoms with Crippen molar-refractivity contribution in [3.05, 3.63) is 23.3 Å². The number of aliphatic hydroxyl groups is 3. The number of β-amino-alcohol motifs (C(OH)–C–C–N with tert-alkyl or cyclic N) is 1. The minimum Gasteiger partial charge on any atom is -0.477 e.